The van der Waals surface area contributed by atoms with E-state index in [1.54, 1.807) is 24.3 Å². The Balaban J connectivity index is 2.44. The molecule has 1 aromatic carbocycles. The van der Waals surface area contributed by atoms with Crippen molar-refractivity contribution < 1.29 is 14.3 Å². The summed E-state index contributed by atoms with van der Waals surface area (Å²) >= 11 is 0. The van der Waals surface area contributed by atoms with E-state index in [1.165, 1.54) is 0 Å². The fraction of sp³-hybridized carbons (Fsp3) is 0.467. The predicted octanol–water partition coefficient (Wildman–Crippen LogP) is 1.33. The van der Waals surface area contributed by atoms with E-state index >= 15 is 0 Å². The Labute approximate surface area is 119 Å². The van der Waals surface area contributed by atoms with Gasteiger partial charge in [0.1, 0.15) is 12.0 Å². The first-order valence-electron chi connectivity index (χ1n) is 6.46. The van der Waals surface area contributed by atoms with Crippen molar-refractivity contribution in [2.24, 2.45) is 0 Å². The lowest BCUT2D eigenvalue weighted by atomic mass is 10.1. The van der Waals surface area contributed by atoms with Gasteiger partial charge in [-0.05, 0) is 52.2 Å². The molecule has 1 amide bonds. The maximum absolute atomic E-state index is 11.8. The SMILES string of the molecule is CN(C)CC(C)(C)NC(=O)COc1ccc(C=O)cc1. The molecule has 1 N–H and O–H groups in total. The molecule has 1 aromatic rings. The topological polar surface area (TPSA) is 58.6 Å². The molecule has 0 bridgehead atoms. The van der Waals surface area contributed by atoms with Crippen molar-refractivity contribution in [3.63, 3.8) is 0 Å². The number of rotatable bonds is 7. The maximum atomic E-state index is 11.8. The Morgan fingerprint density at radius 1 is 1.30 bits per heavy atom. The van der Waals surface area contributed by atoms with Gasteiger partial charge in [-0.25, -0.2) is 0 Å². The number of carbonyl (C=O) groups is 2. The van der Waals surface area contributed by atoms with Crippen LogP contribution in [-0.4, -0.2) is 49.9 Å². The van der Waals surface area contributed by atoms with Gasteiger partial charge in [-0.2, -0.15) is 0 Å². The number of ether oxygens (including phenoxy) is 1. The highest BCUT2D eigenvalue weighted by atomic mass is 16.5. The average Bonchev–Trinajstić information content (AvgIpc) is 2.34. The van der Waals surface area contributed by atoms with E-state index in [2.05, 4.69) is 5.32 Å². The number of benzene rings is 1. The monoisotopic (exact) mass is 278 g/mol. The highest BCUT2D eigenvalue weighted by Crippen LogP contribution is 2.11. The van der Waals surface area contributed by atoms with Crippen molar-refractivity contribution in [1.82, 2.24) is 10.2 Å². The predicted molar refractivity (Wildman–Crippen MR) is 78.1 cm³/mol. The van der Waals surface area contributed by atoms with Crippen molar-refractivity contribution in [1.29, 1.82) is 0 Å². The second kappa shape index (κ2) is 7.05. The molecule has 0 aliphatic rings. The van der Waals surface area contributed by atoms with Crippen molar-refractivity contribution in [3.05, 3.63) is 29.8 Å². The maximum Gasteiger partial charge on any atom is 0.258 e. The fourth-order valence-electron chi connectivity index (χ4n) is 2.04. The molecule has 0 atom stereocenters. The van der Waals surface area contributed by atoms with Crippen molar-refractivity contribution in [2.75, 3.05) is 27.2 Å². The van der Waals surface area contributed by atoms with Crippen molar-refractivity contribution in [3.8, 4) is 5.75 Å². The molecular weight excluding hydrogens is 256 g/mol. The van der Waals surface area contributed by atoms with Crippen LogP contribution in [0, 0.1) is 0 Å². The molecule has 0 unspecified atom stereocenters. The molecule has 20 heavy (non-hydrogen) atoms. The zero-order chi connectivity index (χ0) is 15.2. The minimum Gasteiger partial charge on any atom is -0.484 e. The van der Waals surface area contributed by atoms with Crippen LogP contribution < -0.4 is 10.1 Å². The van der Waals surface area contributed by atoms with Crippen LogP contribution >= 0.6 is 0 Å². The molecule has 0 fully saturated rings. The number of hydrogen-bond donors (Lipinski definition) is 1. The number of aldehydes is 1. The summed E-state index contributed by atoms with van der Waals surface area (Å²) in [7, 11) is 3.91. The normalized spacial score (nSPS) is 11.2. The first kappa shape index (κ1) is 16.2. The Bertz CT molecular complexity index is 453. The van der Waals surface area contributed by atoms with Gasteiger partial charge in [-0.1, -0.05) is 0 Å². The summed E-state index contributed by atoms with van der Waals surface area (Å²) in [6.45, 7) is 4.62. The number of hydrogen-bond acceptors (Lipinski definition) is 4. The number of likely N-dealkylation sites (N-methyl/N-ethyl adjacent to an activating group) is 1. The summed E-state index contributed by atoms with van der Waals surface area (Å²) in [6, 6.07) is 6.64. The lowest BCUT2D eigenvalue weighted by Gasteiger charge is -2.29. The van der Waals surface area contributed by atoms with Crippen LogP contribution in [0.4, 0.5) is 0 Å². The second-order valence-corrected chi connectivity index (χ2v) is 5.65. The first-order chi connectivity index (χ1) is 9.32. The number of amides is 1. The van der Waals surface area contributed by atoms with E-state index in [9.17, 15) is 9.59 Å². The molecule has 0 aliphatic carbocycles. The van der Waals surface area contributed by atoms with E-state index in [0.717, 1.165) is 12.8 Å². The highest BCUT2D eigenvalue weighted by Gasteiger charge is 2.21. The Hall–Kier alpha value is -1.88. The van der Waals surface area contributed by atoms with E-state index in [-0.39, 0.29) is 18.1 Å². The van der Waals surface area contributed by atoms with Crippen molar-refractivity contribution >= 4 is 12.2 Å². The third-order valence-corrected chi connectivity index (χ3v) is 2.58. The molecular formula is C15H22N2O3. The fourth-order valence-corrected chi connectivity index (χ4v) is 2.04. The van der Waals surface area contributed by atoms with Gasteiger partial charge in [0.2, 0.25) is 0 Å². The summed E-state index contributed by atoms with van der Waals surface area (Å²) in [5.74, 6) is 0.396. The number of nitrogens with zero attached hydrogens (tertiary/aromatic N) is 1. The molecule has 0 spiro atoms. The van der Waals surface area contributed by atoms with E-state index in [0.29, 0.717) is 11.3 Å². The van der Waals surface area contributed by atoms with Gasteiger partial charge < -0.3 is 15.0 Å². The molecule has 0 aromatic heterocycles. The van der Waals surface area contributed by atoms with Gasteiger partial charge in [-0.3, -0.25) is 9.59 Å². The van der Waals surface area contributed by atoms with E-state index in [4.69, 9.17) is 4.74 Å². The quantitative estimate of drug-likeness (QED) is 0.765. The van der Waals surface area contributed by atoms with Crippen LogP contribution in [0.1, 0.15) is 24.2 Å². The highest BCUT2D eigenvalue weighted by molar-refractivity contribution is 5.78. The first-order valence-corrected chi connectivity index (χ1v) is 6.46. The minimum absolute atomic E-state index is 0.0444. The summed E-state index contributed by atoms with van der Waals surface area (Å²) in [5, 5.41) is 2.92. The third-order valence-electron chi connectivity index (χ3n) is 2.58. The van der Waals surface area contributed by atoms with Crippen LogP contribution in [0.5, 0.6) is 5.75 Å². The van der Waals surface area contributed by atoms with E-state index < -0.39 is 0 Å². The van der Waals surface area contributed by atoms with Crippen LogP contribution in [-0.2, 0) is 4.79 Å². The standard InChI is InChI=1S/C15H22N2O3/c1-15(2,11-17(3)4)16-14(19)10-20-13-7-5-12(9-18)6-8-13/h5-9H,10-11H2,1-4H3,(H,16,19). The lowest BCUT2D eigenvalue weighted by molar-refractivity contribution is -0.124. The molecule has 0 radical (unpaired) electrons. The van der Waals surface area contributed by atoms with Crippen LogP contribution in [0.2, 0.25) is 0 Å². The largest absolute Gasteiger partial charge is 0.484 e. The van der Waals surface area contributed by atoms with Gasteiger partial charge >= 0.3 is 0 Å². The average molecular weight is 278 g/mol. The van der Waals surface area contributed by atoms with Gasteiger partial charge in [0.25, 0.3) is 5.91 Å². The Kier molecular flexibility index (Phi) is 5.70. The molecule has 5 nitrogen and oxygen atoms in total. The molecule has 0 aliphatic heterocycles. The number of nitrogens with one attached hydrogen (secondary N) is 1. The van der Waals surface area contributed by atoms with Gasteiger partial charge in [0, 0.05) is 17.6 Å². The smallest absolute Gasteiger partial charge is 0.258 e. The summed E-state index contributed by atoms with van der Waals surface area (Å²) < 4.78 is 5.38. The van der Waals surface area contributed by atoms with Gasteiger partial charge in [-0.15, -0.1) is 0 Å². The summed E-state index contributed by atoms with van der Waals surface area (Å²) in [4.78, 5) is 24.4. The minimum atomic E-state index is -0.314. The van der Waals surface area contributed by atoms with E-state index in [1.807, 2.05) is 32.8 Å². The van der Waals surface area contributed by atoms with Crippen LogP contribution in [0.3, 0.4) is 0 Å². The number of carbonyl (C=O) groups excluding carboxylic acids is 2. The molecule has 0 saturated heterocycles. The van der Waals surface area contributed by atoms with Crippen LogP contribution in [0.15, 0.2) is 24.3 Å². The zero-order valence-corrected chi connectivity index (χ0v) is 12.5. The summed E-state index contributed by atoms with van der Waals surface area (Å²) in [6.07, 6.45) is 0.764. The zero-order valence-electron chi connectivity index (χ0n) is 12.5. The Morgan fingerprint density at radius 2 is 1.90 bits per heavy atom. The van der Waals surface area contributed by atoms with Crippen molar-refractivity contribution in [2.45, 2.75) is 19.4 Å². The molecule has 1 rings (SSSR count). The second-order valence-electron chi connectivity index (χ2n) is 5.65. The van der Waals surface area contributed by atoms with Gasteiger partial charge in [0.15, 0.2) is 6.61 Å². The molecule has 0 saturated carbocycles. The van der Waals surface area contributed by atoms with Crippen LogP contribution in [0.25, 0.3) is 0 Å². The summed E-state index contributed by atoms with van der Waals surface area (Å²) in [5.41, 5.74) is 0.264. The molecule has 0 heterocycles. The van der Waals surface area contributed by atoms with Gasteiger partial charge in [0.05, 0.1) is 0 Å². The molecule has 5 heteroatoms. The molecule has 110 valence electrons. The lowest BCUT2D eigenvalue weighted by Crippen LogP contribution is -2.51. The Morgan fingerprint density at radius 3 is 2.40 bits per heavy atom. The third kappa shape index (κ3) is 5.84.